The number of rotatable bonds is 6. The minimum absolute atomic E-state index is 0.0638. The zero-order valence-corrected chi connectivity index (χ0v) is 19.9. The van der Waals surface area contributed by atoms with Gasteiger partial charge in [0.1, 0.15) is 10.8 Å². The molecule has 2 N–H and O–H groups in total. The van der Waals surface area contributed by atoms with E-state index in [1.54, 1.807) is 18.5 Å². The summed E-state index contributed by atoms with van der Waals surface area (Å²) in [6.07, 6.45) is 5.87. The molecule has 0 bridgehead atoms. The smallest absolute Gasteiger partial charge is 0.232 e. The Morgan fingerprint density at radius 1 is 1.16 bits per heavy atom. The zero-order valence-electron chi connectivity index (χ0n) is 18.2. The van der Waals surface area contributed by atoms with E-state index < -0.39 is 0 Å². The van der Waals surface area contributed by atoms with Crippen LogP contribution in [0.25, 0.3) is 0 Å². The van der Waals surface area contributed by atoms with Crippen LogP contribution in [0.3, 0.4) is 0 Å². The van der Waals surface area contributed by atoms with Gasteiger partial charge in [0.2, 0.25) is 5.95 Å². The lowest BCUT2D eigenvalue weighted by atomic mass is 10.0. The molecule has 32 heavy (non-hydrogen) atoms. The highest BCUT2D eigenvalue weighted by molar-refractivity contribution is 7.99. The van der Waals surface area contributed by atoms with E-state index in [-0.39, 0.29) is 6.04 Å². The van der Waals surface area contributed by atoms with Gasteiger partial charge in [0.05, 0.1) is 6.04 Å². The van der Waals surface area contributed by atoms with Gasteiger partial charge in [-0.05, 0) is 61.3 Å². The number of aromatic nitrogens is 4. The number of anilines is 2. The van der Waals surface area contributed by atoms with Gasteiger partial charge in [-0.1, -0.05) is 37.3 Å². The van der Waals surface area contributed by atoms with E-state index in [2.05, 4.69) is 56.5 Å². The van der Waals surface area contributed by atoms with E-state index in [0.717, 1.165) is 35.9 Å². The van der Waals surface area contributed by atoms with Gasteiger partial charge in [0.15, 0.2) is 10.3 Å². The standard InChI is InChI=1S/C23H27N7S2/c1-16-8-6-13-30(15-16)19-14-20(32-23-24-11-7-12-25-23)28-21(27-19)29-22(31)26-17(2)18-9-4-3-5-10-18/h3-5,7,9-12,14,16-17H,6,8,13,15H2,1-2H3,(H2,26,27,28,29,31)/t16-,17-/m0/s1. The van der Waals surface area contributed by atoms with Gasteiger partial charge >= 0.3 is 0 Å². The molecule has 7 nitrogen and oxygen atoms in total. The first-order chi connectivity index (χ1) is 15.6. The number of thiocarbonyl (C=S) groups is 1. The second-order valence-electron chi connectivity index (χ2n) is 7.95. The summed E-state index contributed by atoms with van der Waals surface area (Å²) in [5.41, 5.74) is 1.16. The highest BCUT2D eigenvalue weighted by atomic mass is 32.2. The van der Waals surface area contributed by atoms with Gasteiger partial charge in [0.25, 0.3) is 0 Å². The molecule has 0 unspecified atom stereocenters. The number of hydrogen-bond acceptors (Lipinski definition) is 7. The molecule has 4 rings (SSSR count). The molecule has 0 aliphatic carbocycles. The number of hydrogen-bond donors (Lipinski definition) is 2. The van der Waals surface area contributed by atoms with Crippen LogP contribution in [-0.4, -0.2) is 38.1 Å². The van der Waals surface area contributed by atoms with Crippen molar-refractivity contribution >= 4 is 40.9 Å². The summed E-state index contributed by atoms with van der Waals surface area (Å²) in [5.74, 6) is 2.00. The number of nitrogens with zero attached hydrogens (tertiary/aromatic N) is 5. The molecule has 9 heteroatoms. The molecular formula is C23H27N7S2. The fourth-order valence-corrected chi connectivity index (χ4v) is 4.65. The molecule has 2 atom stereocenters. The average Bonchev–Trinajstić information content (AvgIpc) is 2.80. The highest BCUT2D eigenvalue weighted by Crippen LogP contribution is 2.29. The Hall–Kier alpha value is -2.78. The van der Waals surface area contributed by atoms with E-state index in [4.69, 9.17) is 17.2 Å². The van der Waals surface area contributed by atoms with E-state index >= 15 is 0 Å². The Bertz CT molecular complexity index is 1030. The van der Waals surface area contributed by atoms with Crippen LogP contribution in [0.1, 0.15) is 38.3 Å². The van der Waals surface area contributed by atoms with Gasteiger partial charge in [-0.3, -0.25) is 0 Å². The first-order valence-corrected chi connectivity index (χ1v) is 12.0. The van der Waals surface area contributed by atoms with Crippen molar-refractivity contribution in [3.8, 4) is 0 Å². The van der Waals surface area contributed by atoms with E-state index in [1.807, 2.05) is 24.3 Å². The third kappa shape index (κ3) is 6.14. The molecule has 0 spiro atoms. The van der Waals surface area contributed by atoms with Crippen LogP contribution in [0.5, 0.6) is 0 Å². The van der Waals surface area contributed by atoms with Crippen LogP contribution >= 0.6 is 24.0 Å². The lowest BCUT2D eigenvalue weighted by Crippen LogP contribution is -2.35. The summed E-state index contributed by atoms with van der Waals surface area (Å²) >= 11 is 6.97. The topological polar surface area (TPSA) is 78.9 Å². The van der Waals surface area contributed by atoms with Crippen LogP contribution in [0.4, 0.5) is 11.8 Å². The molecule has 1 aliphatic rings. The highest BCUT2D eigenvalue weighted by Gasteiger charge is 2.20. The Kier molecular flexibility index (Phi) is 7.49. The fraction of sp³-hybridized carbons (Fsp3) is 0.348. The Balaban J connectivity index is 1.53. The van der Waals surface area contributed by atoms with Crippen molar-refractivity contribution in [1.29, 1.82) is 0 Å². The van der Waals surface area contributed by atoms with Crippen molar-refractivity contribution in [2.45, 2.75) is 42.9 Å². The molecule has 0 amide bonds. The second kappa shape index (κ2) is 10.7. The molecule has 1 saturated heterocycles. The van der Waals surface area contributed by atoms with Crippen LogP contribution in [-0.2, 0) is 0 Å². The minimum atomic E-state index is 0.0638. The molecule has 0 saturated carbocycles. The number of piperidine rings is 1. The van der Waals surface area contributed by atoms with Crippen LogP contribution in [0.2, 0.25) is 0 Å². The maximum absolute atomic E-state index is 5.56. The van der Waals surface area contributed by atoms with Gasteiger partial charge in [-0.15, -0.1) is 0 Å². The monoisotopic (exact) mass is 465 g/mol. The molecule has 166 valence electrons. The predicted molar refractivity (Wildman–Crippen MR) is 133 cm³/mol. The number of nitrogens with one attached hydrogen (secondary N) is 2. The third-order valence-electron chi connectivity index (χ3n) is 5.28. The molecule has 3 heterocycles. The Labute approximate surface area is 198 Å². The first kappa shape index (κ1) is 22.4. The molecule has 0 radical (unpaired) electrons. The molecule has 1 aliphatic heterocycles. The van der Waals surface area contributed by atoms with E-state index in [0.29, 0.717) is 22.1 Å². The molecule has 1 fully saturated rings. The van der Waals surface area contributed by atoms with Crippen molar-refractivity contribution in [3.05, 3.63) is 60.4 Å². The SMILES string of the molecule is C[C@H]1CCCN(c2cc(Sc3ncccn3)nc(NC(=S)N[C@@H](C)c3ccccc3)n2)C1. The fourth-order valence-electron chi connectivity index (χ4n) is 3.67. The largest absolute Gasteiger partial charge is 0.356 e. The van der Waals surface area contributed by atoms with Crippen LogP contribution in [0.15, 0.2) is 65.0 Å². The first-order valence-electron chi connectivity index (χ1n) is 10.8. The van der Waals surface area contributed by atoms with E-state index in [9.17, 15) is 0 Å². The minimum Gasteiger partial charge on any atom is -0.356 e. The molecule has 3 aromatic rings. The Morgan fingerprint density at radius 3 is 2.69 bits per heavy atom. The summed E-state index contributed by atoms with van der Waals surface area (Å²) in [7, 11) is 0. The summed E-state index contributed by atoms with van der Waals surface area (Å²) in [6.45, 7) is 6.32. The van der Waals surface area contributed by atoms with Gasteiger partial charge < -0.3 is 15.5 Å². The maximum atomic E-state index is 5.56. The summed E-state index contributed by atoms with van der Waals surface area (Å²) < 4.78 is 0. The molecule has 1 aromatic carbocycles. The van der Waals surface area contributed by atoms with Gasteiger partial charge in [-0.25, -0.2) is 15.0 Å². The summed E-state index contributed by atoms with van der Waals surface area (Å²) in [5, 5.41) is 8.40. The summed E-state index contributed by atoms with van der Waals surface area (Å²) in [4.78, 5) is 20.4. The second-order valence-corrected chi connectivity index (χ2v) is 9.34. The molecule has 2 aromatic heterocycles. The van der Waals surface area contributed by atoms with Gasteiger partial charge in [0, 0.05) is 31.5 Å². The van der Waals surface area contributed by atoms with Crippen molar-refractivity contribution in [2.24, 2.45) is 5.92 Å². The van der Waals surface area contributed by atoms with Crippen molar-refractivity contribution in [2.75, 3.05) is 23.3 Å². The average molecular weight is 466 g/mol. The zero-order chi connectivity index (χ0) is 22.3. The lowest BCUT2D eigenvalue weighted by Gasteiger charge is -2.32. The van der Waals surface area contributed by atoms with Crippen molar-refractivity contribution in [1.82, 2.24) is 25.3 Å². The predicted octanol–water partition coefficient (Wildman–Crippen LogP) is 4.70. The normalized spacial score (nSPS) is 16.9. The van der Waals surface area contributed by atoms with Crippen molar-refractivity contribution in [3.63, 3.8) is 0 Å². The summed E-state index contributed by atoms with van der Waals surface area (Å²) in [6, 6.07) is 14.1. The van der Waals surface area contributed by atoms with Crippen molar-refractivity contribution < 1.29 is 0 Å². The molecular weight excluding hydrogens is 438 g/mol. The quantitative estimate of drug-likeness (QED) is 0.306. The Morgan fingerprint density at radius 2 is 1.94 bits per heavy atom. The van der Waals surface area contributed by atoms with Crippen LogP contribution < -0.4 is 15.5 Å². The van der Waals surface area contributed by atoms with Crippen LogP contribution in [0, 0.1) is 5.92 Å². The maximum Gasteiger partial charge on any atom is 0.232 e. The third-order valence-corrected chi connectivity index (χ3v) is 6.31. The lowest BCUT2D eigenvalue weighted by molar-refractivity contribution is 0.444. The van der Waals surface area contributed by atoms with Gasteiger partial charge in [-0.2, -0.15) is 4.98 Å². The number of benzene rings is 1. The van der Waals surface area contributed by atoms with E-state index in [1.165, 1.54) is 18.2 Å².